The number of aromatic hydroxyl groups is 2. The maximum absolute atomic E-state index is 13.0. The third kappa shape index (κ3) is 10.3. The molecule has 0 amide bonds. The largest absolute Gasteiger partial charge is 0.593 e. The minimum Gasteiger partial charge on any atom is -0.593 e. The van der Waals surface area contributed by atoms with Crippen molar-refractivity contribution in [1.29, 1.82) is 0 Å². The lowest BCUT2D eigenvalue weighted by Gasteiger charge is -2.24. The molecule has 1 aromatic carbocycles. The average molecular weight is 398 g/mol. The second kappa shape index (κ2) is 15.1. The van der Waals surface area contributed by atoms with Gasteiger partial charge in [-0.3, -0.25) is 0 Å². The normalized spacial score (nSPS) is 12.6. The van der Waals surface area contributed by atoms with E-state index in [1.165, 1.54) is 76.3 Å². The van der Waals surface area contributed by atoms with Gasteiger partial charge >= 0.3 is 0 Å². The molecule has 0 bridgehead atoms. The van der Waals surface area contributed by atoms with Gasteiger partial charge < -0.3 is 14.8 Å². The summed E-state index contributed by atoms with van der Waals surface area (Å²) in [5.41, 5.74) is 0. The van der Waals surface area contributed by atoms with Crippen LogP contribution in [0, 0.1) is 0 Å². The van der Waals surface area contributed by atoms with E-state index < -0.39 is 11.4 Å². The molecule has 0 radical (unpaired) electrons. The molecule has 0 aliphatic carbocycles. The highest BCUT2D eigenvalue weighted by Gasteiger charge is 2.23. The molecular weight excluding hydrogens is 358 g/mol. The molecule has 1 aromatic rings. The van der Waals surface area contributed by atoms with E-state index in [2.05, 4.69) is 13.8 Å². The standard InChI is InChI=1S/C22H39NO3S/c1-3-5-7-9-11-13-17-23(18-14-12-10-8-6-4-2)27(26)20-15-16-21(24)22(25)19-20/h15-16,19,24-25H,3-14,17-18H2,1-2H3. The molecule has 27 heavy (non-hydrogen) atoms. The SMILES string of the molecule is CCCCCCCCN(CCCCCCCC)[S+]([O-])c1ccc(O)c(O)c1. The fourth-order valence-electron chi connectivity index (χ4n) is 3.18. The maximum Gasteiger partial charge on any atom is 0.178 e. The average Bonchev–Trinajstić information content (AvgIpc) is 2.67. The second-order valence-corrected chi connectivity index (χ2v) is 8.85. The van der Waals surface area contributed by atoms with Crippen molar-refractivity contribution in [3.8, 4) is 11.5 Å². The molecule has 1 rings (SSSR count). The number of unbranched alkanes of at least 4 members (excludes halogenated alkanes) is 10. The molecule has 156 valence electrons. The third-order valence-corrected chi connectivity index (χ3v) is 6.40. The first-order valence-electron chi connectivity index (χ1n) is 10.8. The second-order valence-electron chi connectivity index (χ2n) is 7.36. The van der Waals surface area contributed by atoms with Crippen molar-refractivity contribution in [3.63, 3.8) is 0 Å². The summed E-state index contributed by atoms with van der Waals surface area (Å²) in [5, 5.41) is 19.2. The Kier molecular flexibility index (Phi) is 13.5. The molecular formula is C22H39NO3S. The van der Waals surface area contributed by atoms with Crippen LogP contribution < -0.4 is 0 Å². The monoisotopic (exact) mass is 397 g/mol. The van der Waals surface area contributed by atoms with Crippen molar-refractivity contribution >= 4 is 11.4 Å². The number of hydrogen-bond acceptors (Lipinski definition) is 4. The van der Waals surface area contributed by atoms with Crippen LogP contribution in [-0.2, 0) is 11.4 Å². The first kappa shape index (κ1) is 24.1. The predicted molar refractivity (Wildman–Crippen MR) is 115 cm³/mol. The Balaban J connectivity index is 2.52. The van der Waals surface area contributed by atoms with Crippen LogP contribution in [0.4, 0.5) is 0 Å². The quantitative estimate of drug-likeness (QED) is 0.200. The summed E-state index contributed by atoms with van der Waals surface area (Å²) in [6.07, 6.45) is 14.6. The van der Waals surface area contributed by atoms with Gasteiger partial charge in [-0.05, 0) is 25.0 Å². The molecule has 0 aliphatic heterocycles. The lowest BCUT2D eigenvalue weighted by Crippen LogP contribution is -2.33. The number of rotatable bonds is 16. The molecule has 5 heteroatoms. The van der Waals surface area contributed by atoms with Crippen molar-refractivity contribution in [2.24, 2.45) is 0 Å². The fraction of sp³-hybridized carbons (Fsp3) is 0.727. The summed E-state index contributed by atoms with van der Waals surface area (Å²) in [4.78, 5) is 0.558. The molecule has 0 saturated heterocycles. The third-order valence-electron chi connectivity index (χ3n) is 4.91. The van der Waals surface area contributed by atoms with Gasteiger partial charge in [-0.25, -0.2) is 0 Å². The zero-order valence-corrected chi connectivity index (χ0v) is 18.1. The molecule has 1 unspecified atom stereocenters. The number of hydrogen-bond donors (Lipinski definition) is 2. The Labute approximate surface area is 169 Å². The van der Waals surface area contributed by atoms with Crippen LogP contribution in [0.2, 0.25) is 0 Å². The first-order chi connectivity index (χ1) is 13.1. The van der Waals surface area contributed by atoms with Crippen molar-refractivity contribution < 1.29 is 14.8 Å². The topological polar surface area (TPSA) is 66.8 Å². The Hall–Kier alpha value is -0.910. The fourth-order valence-corrected chi connectivity index (χ4v) is 4.46. The molecule has 0 aliphatic rings. The lowest BCUT2D eigenvalue weighted by atomic mass is 10.1. The highest BCUT2D eigenvalue weighted by Crippen LogP contribution is 2.29. The molecule has 2 N–H and O–H groups in total. The number of nitrogens with zero attached hydrogens (tertiary/aromatic N) is 1. The van der Waals surface area contributed by atoms with E-state index in [-0.39, 0.29) is 11.5 Å². The summed E-state index contributed by atoms with van der Waals surface area (Å²) in [6, 6.07) is 4.47. The summed E-state index contributed by atoms with van der Waals surface area (Å²) < 4.78 is 15.0. The Morgan fingerprint density at radius 3 is 1.70 bits per heavy atom. The molecule has 0 aromatic heterocycles. The Morgan fingerprint density at radius 1 is 0.741 bits per heavy atom. The lowest BCUT2D eigenvalue weighted by molar-refractivity contribution is 0.381. The van der Waals surface area contributed by atoms with Gasteiger partial charge in [0, 0.05) is 19.2 Å². The number of phenolic OH excluding ortho intramolecular Hbond substituents is 2. The highest BCUT2D eigenvalue weighted by atomic mass is 32.2. The molecule has 0 spiro atoms. The van der Waals surface area contributed by atoms with E-state index in [1.54, 1.807) is 6.07 Å². The van der Waals surface area contributed by atoms with E-state index in [0.717, 1.165) is 25.9 Å². The summed E-state index contributed by atoms with van der Waals surface area (Å²) in [6.45, 7) is 6.07. The zero-order valence-electron chi connectivity index (χ0n) is 17.3. The van der Waals surface area contributed by atoms with Gasteiger partial charge in [-0.15, -0.1) is 4.31 Å². The Bertz CT molecular complexity index is 482. The van der Waals surface area contributed by atoms with Gasteiger partial charge in [0.25, 0.3) is 0 Å². The van der Waals surface area contributed by atoms with Crippen LogP contribution in [0.3, 0.4) is 0 Å². The van der Waals surface area contributed by atoms with Gasteiger partial charge in [0.15, 0.2) is 16.4 Å². The molecule has 0 saturated carbocycles. The summed E-state index contributed by atoms with van der Waals surface area (Å²) >= 11 is -1.30. The van der Waals surface area contributed by atoms with Crippen LogP contribution in [0.15, 0.2) is 23.1 Å². The van der Waals surface area contributed by atoms with Crippen molar-refractivity contribution in [1.82, 2.24) is 4.31 Å². The minimum atomic E-state index is -1.30. The number of phenols is 2. The Morgan fingerprint density at radius 2 is 1.22 bits per heavy atom. The van der Waals surface area contributed by atoms with Crippen LogP contribution in [0.5, 0.6) is 11.5 Å². The first-order valence-corrected chi connectivity index (χ1v) is 11.9. The van der Waals surface area contributed by atoms with E-state index in [1.807, 2.05) is 4.31 Å². The van der Waals surface area contributed by atoms with Gasteiger partial charge in [-0.2, -0.15) is 0 Å². The highest BCUT2D eigenvalue weighted by molar-refractivity contribution is 7.89. The van der Waals surface area contributed by atoms with Gasteiger partial charge in [-0.1, -0.05) is 78.1 Å². The van der Waals surface area contributed by atoms with E-state index in [4.69, 9.17) is 0 Å². The van der Waals surface area contributed by atoms with Crippen molar-refractivity contribution in [2.45, 2.75) is 95.8 Å². The summed E-state index contributed by atoms with van der Waals surface area (Å²) in [7, 11) is 0. The van der Waals surface area contributed by atoms with Crippen molar-refractivity contribution in [2.75, 3.05) is 13.1 Å². The van der Waals surface area contributed by atoms with Crippen LogP contribution >= 0.6 is 0 Å². The predicted octanol–water partition coefficient (Wildman–Crippen LogP) is 6.14. The molecule has 4 nitrogen and oxygen atoms in total. The van der Waals surface area contributed by atoms with Crippen LogP contribution in [0.1, 0.15) is 90.9 Å². The van der Waals surface area contributed by atoms with Crippen molar-refractivity contribution in [3.05, 3.63) is 18.2 Å². The van der Waals surface area contributed by atoms with Gasteiger partial charge in [0.05, 0.1) is 11.4 Å². The van der Waals surface area contributed by atoms with Gasteiger partial charge in [0.1, 0.15) is 0 Å². The molecule has 0 heterocycles. The maximum atomic E-state index is 13.0. The van der Waals surface area contributed by atoms with Crippen LogP contribution in [0.25, 0.3) is 0 Å². The smallest absolute Gasteiger partial charge is 0.178 e. The number of benzene rings is 1. The molecule has 1 atom stereocenters. The van der Waals surface area contributed by atoms with Gasteiger partial charge in [0.2, 0.25) is 0 Å². The van der Waals surface area contributed by atoms with E-state index >= 15 is 0 Å². The van der Waals surface area contributed by atoms with E-state index in [9.17, 15) is 14.8 Å². The summed E-state index contributed by atoms with van der Waals surface area (Å²) in [5.74, 6) is -0.380. The minimum absolute atomic E-state index is 0.172. The zero-order chi connectivity index (χ0) is 19.9. The van der Waals surface area contributed by atoms with Crippen LogP contribution in [-0.4, -0.2) is 32.2 Å². The molecule has 0 fully saturated rings. The van der Waals surface area contributed by atoms with E-state index in [0.29, 0.717) is 4.90 Å².